The van der Waals surface area contributed by atoms with Crippen LogP contribution in [-0.4, -0.2) is 10.1 Å². The molecule has 1 unspecified atom stereocenters. The Bertz CT molecular complexity index is 586. The highest BCUT2D eigenvalue weighted by Crippen LogP contribution is 2.29. The van der Waals surface area contributed by atoms with Crippen molar-refractivity contribution in [2.75, 3.05) is 0 Å². The Morgan fingerprint density at radius 1 is 1.29 bits per heavy atom. The van der Waals surface area contributed by atoms with Gasteiger partial charge in [-0.05, 0) is 12.5 Å². The molecule has 0 saturated carbocycles. The summed E-state index contributed by atoms with van der Waals surface area (Å²) in [4.78, 5) is 4.62. The molecule has 2 aromatic rings. The number of para-hydroxylation sites is 1. The number of aliphatic hydroxyl groups is 1. The van der Waals surface area contributed by atoms with Crippen LogP contribution >= 0.6 is 11.3 Å². The Labute approximate surface area is 130 Å². The summed E-state index contributed by atoms with van der Waals surface area (Å²) in [5.41, 5.74) is 1.99. The number of rotatable bonds is 5. The van der Waals surface area contributed by atoms with E-state index in [2.05, 4.69) is 31.1 Å². The second kappa shape index (κ2) is 6.58. The Balaban J connectivity index is 2.08. The van der Waals surface area contributed by atoms with E-state index in [1.807, 2.05) is 31.2 Å². The lowest BCUT2D eigenvalue weighted by Crippen LogP contribution is -2.11. The Morgan fingerprint density at radius 2 is 2.00 bits per heavy atom. The summed E-state index contributed by atoms with van der Waals surface area (Å²) in [6, 6.07) is 7.64. The van der Waals surface area contributed by atoms with Crippen molar-refractivity contribution in [1.82, 2.24) is 4.98 Å². The van der Waals surface area contributed by atoms with Gasteiger partial charge in [-0.15, -0.1) is 11.3 Å². The van der Waals surface area contributed by atoms with Gasteiger partial charge < -0.3 is 9.84 Å². The highest BCUT2D eigenvalue weighted by atomic mass is 32.1. The van der Waals surface area contributed by atoms with Crippen LogP contribution in [-0.2, 0) is 12.0 Å². The van der Waals surface area contributed by atoms with Crippen LogP contribution in [0.3, 0.4) is 0 Å². The van der Waals surface area contributed by atoms with Crippen LogP contribution in [0.1, 0.15) is 56.5 Å². The van der Waals surface area contributed by atoms with Crippen LogP contribution in [0.4, 0.5) is 0 Å². The van der Waals surface area contributed by atoms with Gasteiger partial charge in [-0.2, -0.15) is 0 Å². The van der Waals surface area contributed by atoms with Crippen LogP contribution < -0.4 is 4.74 Å². The van der Waals surface area contributed by atoms with Gasteiger partial charge in [-0.3, -0.25) is 0 Å². The lowest BCUT2D eigenvalue weighted by Gasteiger charge is -2.15. The van der Waals surface area contributed by atoms with Crippen molar-refractivity contribution in [1.29, 1.82) is 0 Å². The Hall–Kier alpha value is -1.39. The van der Waals surface area contributed by atoms with Crippen LogP contribution in [0.2, 0.25) is 0 Å². The van der Waals surface area contributed by atoms with Crippen LogP contribution in [0.15, 0.2) is 29.6 Å². The third-order valence-corrected chi connectivity index (χ3v) is 4.16. The molecule has 114 valence electrons. The molecule has 4 heteroatoms. The normalized spacial score (nSPS) is 13.2. The second-order valence-corrected chi connectivity index (χ2v) is 7.07. The van der Waals surface area contributed by atoms with Crippen molar-refractivity contribution in [2.45, 2.75) is 52.2 Å². The first kappa shape index (κ1) is 16.0. The van der Waals surface area contributed by atoms with Crippen molar-refractivity contribution in [3.05, 3.63) is 45.9 Å². The predicted molar refractivity (Wildman–Crippen MR) is 86.8 cm³/mol. The minimum Gasteiger partial charge on any atom is -0.486 e. The molecule has 0 radical (unpaired) electrons. The molecule has 0 aliphatic heterocycles. The van der Waals surface area contributed by atoms with Crippen LogP contribution in [0.5, 0.6) is 5.75 Å². The number of thiazole rings is 1. The summed E-state index contributed by atoms with van der Waals surface area (Å²) in [6.45, 7) is 8.85. The molecule has 1 heterocycles. The first-order valence-electron chi connectivity index (χ1n) is 7.26. The topological polar surface area (TPSA) is 42.4 Å². The van der Waals surface area contributed by atoms with E-state index in [4.69, 9.17) is 4.74 Å². The number of nitrogens with zero attached hydrogens (tertiary/aromatic N) is 1. The SMILES string of the molecule is CCC(O)c1ccccc1OCc1nc(C(C)(C)C)cs1. The summed E-state index contributed by atoms with van der Waals surface area (Å²) in [7, 11) is 0. The standard InChI is InChI=1S/C17H23NO2S/c1-5-13(19)12-8-6-7-9-14(12)20-10-16-18-15(11-21-16)17(2,3)4/h6-9,11,13,19H,5,10H2,1-4H3. The Kier molecular flexibility index (Phi) is 5.01. The fourth-order valence-electron chi connectivity index (χ4n) is 1.97. The number of benzene rings is 1. The molecule has 21 heavy (non-hydrogen) atoms. The summed E-state index contributed by atoms with van der Waals surface area (Å²) >= 11 is 1.62. The molecule has 3 nitrogen and oxygen atoms in total. The molecule has 0 amide bonds. The average molecular weight is 305 g/mol. The highest BCUT2D eigenvalue weighted by molar-refractivity contribution is 7.09. The third-order valence-electron chi connectivity index (χ3n) is 3.34. The monoisotopic (exact) mass is 305 g/mol. The third kappa shape index (κ3) is 4.05. The zero-order valence-electron chi connectivity index (χ0n) is 13.1. The zero-order valence-corrected chi connectivity index (χ0v) is 13.9. The second-order valence-electron chi connectivity index (χ2n) is 6.13. The van der Waals surface area contributed by atoms with Gasteiger partial charge in [0.15, 0.2) is 0 Å². The van der Waals surface area contributed by atoms with Gasteiger partial charge in [0.2, 0.25) is 0 Å². The maximum atomic E-state index is 10.0. The van der Waals surface area contributed by atoms with Gasteiger partial charge in [-0.25, -0.2) is 4.98 Å². The van der Waals surface area contributed by atoms with Crippen molar-refractivity contribution in [3.63, 3.8) is 0 Å². The fraction of sp³-hybridized carbons (Fsp3) is 0.471. The van der Waals surface area contributed by atoms with Crippen LogP contribution in [0.25, 0.3) is 0 Å². The highest BCUT2D eigenvalue weighted by Gasteiger charge is 2.18. The maximum Gasteiger partial charge on any atom is 0.140 e. The summed E-state index contributed by atoms with van der Waals surface area (Å²) in [5, 5.41) is 13.1. The first-order chi connectivity index (χ1) is 9.91. The summed E-state index contributed by atoms with van der Waals surface area (Å²) < 4.78 is 5.86. The molecule has 0 fully saturated rings. The molecule has 0 aliphatic rings. The number of ether oxygens (including phenoxy) is 1. The van der Waals surface area contributed by atoms with Gasteiger partial charge >= 0.3 is 0 Å². The minimum absolute atomic E-state index is 0.0606. The van der Waals surface area contributed by atoms with E-state index in [9.17, 15) is 5.11 Å². The van der Waals surface area contributed by atoms with Crippen molar-refractivity contribution >= 4 is 11.3 Å². The van der Waals surface area contributed by atoms with E-state index in [0.29, 0.717) is 13.0 Å². The van der Waals surface area contributed by atoms with Gasteiger partial charge in [0, 0.05) is 16.4 Å². The zero-order chi connectivity index (χ0) is 15.5. The average Bonchev–Trinajstić information content (AvgIpc) is 2.93. The predicted octanol–water partition coefficient (Wildman–Crippen LogP) is 4.46. The first-order valence-corrected chi connectivity index (χ1v) is 8.14. The summed E-state index contributed by atoms with van der Waals surface area (Å²) in [5.74, 6) is 0.736. The molecular weight excluding hydrogens is 282 g/mol. The van der Waals surface area contributed by atoms with Crippen molar-refractivity contribution in [2.24, 2.45) is 0 Å². The largest absolute Gasteiger partial charge is 0.486 e. The lowest BCUT2D eigenvalue weighted by molar-refractivity contribution is 0.166. The maximum absolute atomic E-state index is 10.0. The Morgan fingerprint density at radius 3 is 2.62 bits per heavy atom. The van der Waals surface area contributed by atoms with E-state index in [1.165, 1.54) is 0 Å². The molecule has 0 spiro atoms. The molecule has 1 N–H and O–H groups in total. The van der Waals surface area contributed by atoms with Gasteiger partial charge in [0.25, 0.3) is 0 Å². The molecule has 0 saturated heterocycles. The van der Waals surface area contributed by atoms with E-state index in [1.54, 1.807) is 11.3 Å². The molecule has 0 aliphatic carbocycles. The number of aliphatic hydroxyl groups excluding tert-OH is 1. The van der Waals surface area contributed by atoms with Crippen LogP contribution in [0, 0.1) is 0 Å². The van der Waals surface area contributed by atoms with E-state index < -0.39 is 6.10 Å². The number of hydrogen-bond acceptors (Lipinski definition) is 4. The quantitative estimate of drug-likeness (QED) is 0.886. The molecule has 1 aromatic carbocycles. The summed E-state index contributed by atoms with van der Waals surface area (Å²) in [6.07, 6.45) is 0.189. The fourth-order valence-corrected chi connectivity index (χ4v) is 2.90. The minimum atomic E-state index is -0.484. The van der Waals surface area contributed by atoms with Gasteiger partial charge in [-0.1, -0.05) is 45.9 Å². The van der Waals surface area contributed by atoms with E-state index >= 15 is 0 Å². The number of aromatic nitrogens is 1. The molecule has 1 aromatic heterocycles. The van der Waals surface area contributed by atoms with E-state index in [0.717, 1.165) is 22.0 Å². The molecule has 2 rings (SSSR count). The van der Waals surface area contributed by atoms with Crippen molar-refractivity contribution in [3.8, 4) is 5.75 Å². The smallest absolute Gasteiger partial charge is 0.140 e. The molecule has 0 bridgehead atoms. The van der Waals surface area contributed by atoms with Gasteiger partial charge in [0.1, 0.15) is 17.4 Å². The molecule has 1 atom stereocenters. The van der Waals surface area contributed by atoms with E-state index in [-0.39, 0.29) is 5.41 Å². The van der Waals surface area contributed by atoms with Gasteiger partial charge in [0.05, 0.1) is 11.8 Å². The van der Waals surface area contributed by atoms with Crippen molar-refractivity contribution < 1.29 is 9.84 Å². The number of hydrogen-bond donors (Lipinski definition) is 1. The lowest BCUT2D eigenvalue weighted by atomic mass is 9.93. The molecular formula is C17H23NO2S.